The van der Waals surface area contributed by atoms with E-state index in [0.717, 1.165) is 58.4 Å². The highest BCUT2D eigenvalue weighted by Gasteiger charge is 2.13. The molecule has 1 aromatic rings. The largest absolute Gasteiger partial charge is 0.379 e. The molecule has 5 nitrogen and oxygen atoms in total. The lowest BCUT2D eigenvalue weighted by molar-refractivity contribution is 0.0320. The number of hydrogen-bond acceptors (Lipinski definition) is 4. The summed E-state index contributed by atoms with van der Waals surface area (Å²) in [6, 6.07) is 2.12. The van der Waals surface area contributed by atoms with Gasteiger partial charge in [0.2, 0.25) is 0 Å². The smallest absolute Gasteiger partial charge is 0.191 e. The molecule has 0 spiro atoms. The minimum Gasteiger partial charge on any atom is -0.379 e. The fourth-order valence-corrected chi connectivity index (χ4v) is 3.11. The van der Waals surface area contributed by atoms with E-state index in [1.165, 1.54) is 5.56 Å². The van der Waals surface area contributed by atoms with Gasteiger partial charge < -0.3 is 15.4 Å². The third kappa shape index (κ3) is 6.34. The monoisotopic (exact) mass is 324 g/mol. The van der Waals surface area contributed by atoms with Gasteiger partial charge >= 0.3 is 0 Å². The van der Waals surface area contributed by atoms with Crippen LogP contribution in [0.5, 0.6) is 0 Å². The average Bonchev–Trinajstić information content (AvgIpc) is 3.04. The highest BCUT2D eigenvalue weighted by molar-refractivity contribution is 7.07. The Kier molecular flexibility index (Phi) is 7.70. The first-order valence-electron chi connectivity index (χ1n) is 8.11. The van der Waals surface area contributed by atoms with Crippen LogP contribution in [0.3, 0.4) is 0 Å². The Morgan fingerprint density at radius 2 is 2.23 bits per heavy atom. The van der Waals surface area contributed by atoms with Crippen molar-refractivity contribution < 1.29 is 4.74 Å². The van der Waals surface area contributed by atoms with Crippen molar-refractivity contribution in [3.8, 4) is 0 Å². The van der Waals surface area contributed by atoms with Gasteiger partial charge in [0.25, 0.3) is 0 Å². The molecule has 0 aromatic carbocycles. The first kappa shape index (κ1) is 17.2. The molecule has 1 aromatic heterocycles. The summed E-state index contributed by atoms with van der Waals surface area (Å²) in [4.78, 5) is 7.12. The maximum absolute atomic E-state index is 5.39. The van der Waals surface area contributed by atoms with Crippen LogP contribution in [0.4, 0.5) is 0 Å². The van der Waals surface area contributed by atoms with Crippen LogP contribution < -0.4 is 10.6 Å². The third-order valence-corrected chi connectivity index (χ3v) is 4.37. The van der Waals surface area contributed by atoms with Crippen LogP contribution in [-0.4, -0.2) is 56.8 Å². The molecule has 0 bridgehead atoms. The zero-order valence-electron chi connectivity index (χ0n) is 13.7. The molecule has 2 rings (SSSR count). The molecule has 1 unspecified atom stereocenters. The lowest BCUT2D eigenvalue weighted by Gasteiger charge is -2.29. The molecule has 0 saturated carbocycles. The van der Waals surface area contributed by atoms with Gasteiger partial charge in [0.1, 0.15) is 0 Å². The fourth-order valence-electron chi connectivity index (χ4n) is 2.45. The van der Waals surface area contributed by atoms with Gasteiger partial charge in [0.05, 0.1) is 19.8 Å². The SMILES string of the molecule is CCNC(=NCc1ccsc1)NCC(C)CN1CCOCC1. The van der Waals surface area contributed by atoms with Gasteiger partial charge in [-0.25, -0.2) is 4.99 Å². The Hall–Kier alpha value is -1.11. The summed E-state index contributed by atoms with van der Waals surface area (Å²) in [5.74, 6) is 1.49. The van der Waals surface area contributed by atoms with Gasteiger partial charge in [-0.05, 0) is 35.2 Å². The molecule has 22 heavy (non-hydrogen) atoms. The van der Waals surface area contributed by atoms with Gasteiger partial charge in [0, 0.05) is 32.7 Å². The number of guanidine groups is 1. The molecule has 1 saturated heterocycles. The first-order valence-corrected chi connectivity index (χ1v) is 9.05. The predicted molar refractivity (Wildman–Crippen MR) is 93.6 cm³/mol. The van der Waals surface area contributed by atoms with Crippen molar-refractivity contribution in [2.24, 2.45) is 10.9 Å². The molecule has 2 N–H and O–H groups in total. The number of morpholine rings is 1. The van der Waals surface area contributed by atoms with Crippen LogP contribution in [0.2, 0.25) is 0 Å². The summed E-state index contributed by atoms with van der Waals surface area (Å²) in [6.07, 6.45) is 0. The fraction of sp³-hybridized carbons (Fsp3) is 0.688. The number of thiophene rings is 1. The maximum atomic E-state index is 5.39. The van der Waals surface area contributed by atoms with Crippen molar-refractivity contribution in [1.82, 2.24) is 15.5 Å². The zero-order chi connectivity index (χ0) is 15.6. The summed E-state index contributed by atoms with van der Waals surface area (Å²) < 4.78 is 5.39. The van der Waals surface area contributed by atoms with Crippen LogP contribution in [0.15, 0.2) is 21.8 Å². The number of rotatable bonds is 7. The van der Waals surface area contributed by atoms with E-state index in [4.69, 9.17) is 4.74 Å². The molecule has 1 aliphatic rings. The van der Waals surface area contributed by atoms with E-state index in [1.54, 1.807) is 11.3 Å². The van der Waals surface area contributed by atoms with Crippen LogP contribution in [-0.2, 0) is 11.3 Å². The molecule has 6 heteroatoms. The van der Waals surface area contributed by atoms with E-state index >= 15 is 0 Å². The summed E-state index contributed by atoms with van der Waals surface area (Å²) in [6.45, 7) is 11.9. The van der Waals surface area contributed by atoms with E-state index in [-0.39, 0.29) is 0 Å². The van der Waals surface area contributed by atoms with Crippen molar-refractivity contribution in [3.05, 3.63) is 22.4 Å². The van der Waals surface area contributed by atoms with Crippen LogP contribution >= 0.6 is 11.3 Å². The van der Waals surface area contributed by atoms with Crippen LogP contribution in [0.1, 0.15) is 19.4 Å². The predicted octanol–water partition coefficient (Wildman–Crippen LogP) is 1.77. The molecule has 0 radical (unpaired) electrons. The Balaban J connectivity index is 1.73. The molecule has 0 aliphatic carbocycles. The van der Waals surface area contributed by atoms with Gasteiger partial charge in [0.15, 0.2) is 5.96 Å². The lowest BCUT2D eigenvalue weighted by atomic mass is 10.1. The number of hydrogen-bond donors (Lipinski definition) is 2. The zero-order valence-corrected chi connectivity index (χ0v) is 14.5. The van der Waals surface area contributed by atoms with E-state index in [1.807, 2.05) is 0 Å². The molecule has 2 heterocycles. The highest BCUT2D eigenvalue weighted by Crippen LogP contribution is 2.07. The summed E-state index contributed by atoms with van der Waals surface area (Å²) in [5, 5.41) is 11.0. The molecular weight excluding hydrogens is 296 g/mol. The Labute approximate surface area is 137 Å². The van der Waals surface area contributed by atoms with Gasteiger partial charge in [-0.15, -0.1) is 0 Å². The summed E-state index contributed by atoms with van der Waals surface area (Å²) in [5.41, 5.74) is 1.27. The van der Waals surface area contributed by atoms with Gasteiger partial charge in [-0.2, -0.15) is 11.3 Å². The number of nitrogens with one attached hydrogen (secondary N) is 2. The quantitative estimate of drug-likeness (QED) is 0.593. The van der Waals surface area contributed by atoms with E-state index in [2.05, 4.69) is 51.2 Å². The van der Waals surface area contributed by atoms with Crippen LogP contribution in [0, 0.1) is 5.92 Å². The Morgan fingerprint density at radius 1 is 1.41 bits per heavy atom. The number of aliphatic imine (C=N–C) groups is 1. The summed E-state index contributed by atoms with van der Waals surface area (Å²) in [7, 11) is 0. The molecular formula is C16H28N4OS. The van der Waals surface area contributed by atoms with Crippen molar-refractivity contribution in [3.63, 3.8) is 0 Å². The van der Waals surface area contributed by atoms with E-state index in [9.17, 15) is 0 Å². The second-order valence-electron chi connectivity index (χ2n) is 5.73. The molecule has 1 aliphatic heterocycles. The lowest BCUT2D eigenvalue weighted by Crippen LogP contribution is -2.44. The third-order valence-electron chi connectivity index (χ3n) is 3.64. The minimum absolute atomic E-state index is 0.586. The highest BCUT2D eigenvalue weighted by atomic mass is 32.1. The van der Waals surface area contributed by atoms with Gasteiger partial charge in [-0.1, -0.05) is 6.92 Å². The first-order chi connectivity index (χ1) is 10.8. The number of ether oxygens (including phenoxy) is 1. The van der Waals surface area contributed by atoms with Crippen molar-refractivity contribution in [1.29, 1.82) is 0 Å². The molecule has 0 amide bonds. The van der Waals surface area contributed by atoms with E-state index < -0.39 is 0 Å². The number of nitrogens with zero attached hydrogens (tertiary/aromatic N) is 2. The Bertz CT molecular complexity index is 429. The van der Waals surface area contributed by atoms with Crippen molar-refractivity contribution >= 4 is 17.3 Å². The minimum atomic E-state index is 0.586. The van der Waals surface area contributed by atoms with E-state index in [0.29, 0.717) is 5.92 Å². The maximum Gasteiger partial charge on any atom is 0.191 e. The Morgan fingerprint density at radius 3 is 2.91 bits per heavy atom. The molecule has 124 valence electrons. The summed E-state index contributed by atoms with van der Waals surface area (Å²) >= 11 is 1.72. The van der Waals surface area contributed by atoms with Crippen molar-refractivity contribution in [2.75, 3.05) is 45.9 Å². The van der Waals surface area contributed by atoms with Gasteiger partial charge in [-0.3, -0.25) is 4.90 Å². The standard InChI is InChI=1S/C16H28N4OS/c1-3-17-16(19-11-15-4-9-22-13-15)18-10-14(2)12-20-5-7-21-8-6-20/h4,9,13-14H,3,5-8,10-12H2,1-2H3,(H2,17,18,19). The topological polar surface area (TPSA) is 48.9 Å². The molecule has 1 atom stereocenters. The second kappa shape index (κ2) is 9.82. The normalized spacial score (nSPS) is 18.2. The molecule has 1 fully saturated rings. The average molecular weight is 324 g/mol. The second-order valence-corrected chi connectivity index (χ2v) is 6.51. The van der Waals surface area contributed by atoms with Crippen molar-refractivity contribution in [2.45, 2.75) is 20.4 Å². The van der Waals surface area contributed by atoms with Crippen LogP contribution in [0.25, 0.3) is 0 Å².